The van der Waals surface area contributed by atoms with Crippen LogP contribution in [-0.4, -0.2) is 19.6 Å². The molecule has 2 saturated carbocycles. The highest BCUT2D eigenvalue weighted by Crippen LogP contribution is 2.37. The van der Waals surface area contributed by atoms with Crippen LogP contribution >= 0.6 is 0 Å². The Morgan fingerprint density at radius 1 is 1.12 bits per heavy atom. The van der Waals surface area contributed by atoms with E-state index in [9.17, 15) is 0 Å². The lowest BCUT2D eigenvalue weighted by molar-refractivity contribution is 0.290. The topological polar surface area (TPSA) is 38.0 Å². The number of rotatable bonds is 5. The Kier molecular flexibility index (Phi) is 4.26. The number of hydrogen-bond acceptors (Lipinski definition) is 2. The quantitative estimate of drug-likeness (QED) is 0.753. The first kappa shape index (κ1) is 12.4. The monoisotopic (exact) mass is 224 g/mol. The van der Waals surface area contributed by atoms with Crippen molar-refractivity contribution in [2.24, 2.45) is 23.0 Å². The van der Waals surface area contributed by atoms with Crippen molar-refractivity contribution in [2.75, 3.05) is 19.6 Å². The molecule has 0 heterocycles. The van der Waals surface area contributed by atoms with Gasteiger partial charge in [-0.2, -0.15) is 0 Å². The molecule has 0 radical (unpaired) electrons. The highest BCUT2D eigenvalue weighted by atomic mass is 14.9. The van der Waals surface area contributed by atoms with Gasteiger partial charge in [0, 0.05) is 6.54 Å². The van der Waals surface area contributed by atoms with E-state index >= 15 is 0 Å². The summed E-state index contributed by atoms with van der Waals surface area (Å²) in [6.07, 6.45) is 9.87. The minimum absolute atomic E-state index is 0.594. The average Bonchev–Trinajstić information content (AvgIpc) is 2.88. The van der Waals surface area contributed by atoms with Crippen LogP contribution < -0.4 is 11.1 Å². The Hall–Kier alpha value is -0.0800. The fourth-order valence-corrected chi connectivity index (χ4v) is 3.66. The molecule has 3 N–H and O–H groups in total. The molecule has 2 nitrogen and oxygen atoms in total. The zero-order chi connectivity index (χ0) is 11.4. The van der Waals surface area contributed by atoms with E-state index in [1.165, 1.54) is 58.0 Å². The summed E-state index contributed by atoms with van der Waals surface area (Å²) in [5.74, 6) is 1.65. The van der Waals surface area contributed by atoms with Crippen LogP contribution in [0.15, 0.2) is 0 Å². The maximum atomic E-state index is 5.82. The fraction of sp³-hybridized carbons (Fsp3) is 1.00. The molecule has 2 fully saturated rings. The summed E-state index contributed by atoms with van der Waals surface area (Å²) in [5, 5.41) is 3.72. The normalized spacial score (nSPS) is 33.4. The van der Waals surface area contributed by atoms with Crippen molar-refractivity contribution >= 4 is 0 Å². The second-order valence-corrected chi connectivity index (χ2v) is 6.34. The van der Waals surface area contributed by atoms with Crippen LogP contribution in [0.4, 0.5) is 0 Å². The lowest BCUT2D eigenvalue weighted by atomic mass is 9.88. The summed E-state index contributed by atoms with van der Waals surface area (Å²) < 4.78 is 0. The van der Waals surface area contributed by atoms with Crippen molar-refractivity contribution in [1.82, 2.24) is 5.32 Å². The lowest BCUT2D eigenvalue weighted by Crippen LogP contribution is -2.35. The Balaban J connectivity index is 1.67. The Morgan fingerprint density at radius 2 is 1.81 bits per heavy atom. The van der Waals surface area contributed by atoms with E-state index in [4.69, 9.17) is 5.73 Å². The van der Waals surface area contributed by atoms with Crippen molar-refractivity contribution in [3.05, 3.63) is 0 Å². The molecule has 0 aliphatic heterocycles. The minimum Gasteiger partial charge on any atom is -0.330 e. The lowest BCUT2D eigenvalue weighted by Gasteiger charge is -2.26. The van der Waals surface area contributed by atoms with Crippen LogP contribution in [0.5, 0.6) is 0 Å². The first-order chi connectivity index (χ1) is 7.73. The second-order valence-electron chi connectivity index (χ2n) is 6.34. The molecule has 0 amide bonds. The summed E-state index contributed by atoms with van der Waals surface area (Å²) in [7, 11) is 0. The third-order valence-corrected chi connectivity index (χ3v) is 4.89. The van der Waals surface area contributed by atoms with Gasteiger partial charge < -0.3 is 11.1 Å². The second kappa shape index (κ2) is 5.50. The average molecular weight is 224 g/mol. The number of hydrogen-bond donors (Lipinski definition) is 2. The van der Waals surface area contributed by atoms with Gasteiger partial charge in [-0.15, -0.1) is 0 Å². The van der Waals surface area contributed by atoms with Gasteiger partial charge in [0.2, 0.25) is 0 Å². The molecule has 0 bridgehead atoms. The third kappa shape index (κ3) is 2.98. The molecule has 0 spiro atoms. The van der Waals surface area contributed by atoms with E-state index in [1.807, 2.05) is 0 Å². The molecule has 0 aromatic rings. The molecule has 94 valence electrons. The van der Waals surface area contributed by atoms with Crippen LogP contribution in [0.25, 0.3) is 0 Å². The largest absolute Gasteiger partial charge is 0.330 e. The molecule has 2 aliphatic carbocycles. The van der Waals surface area contributed by atoms with E-state index < -0.39 is 0 Å². The van der Waals surface area contributed by atoms with Crippen molar-refractivity contribution < 1.29 is 0 Å². The fourth-order valence-electron chi connectivity index (χ4n) is 3.66. The first-order valence-corrected chi connectivity index (χ1v) is 7.14. The van der Waals surface area contributed by atoms with Crippen LogP contribution in [0.3, 0.4) is 0 Å². The summed E-state index contributed by atoms with van der Waals surface area (Å²) in [6.45, 7) is 5.77. The van der Waals surface area contributed by atoms with Gasteiger partial charge in [0.15, 0.2) is 0 Å². The highest BCUT2D eigenvalue weighted by molar-refractivity contribution is 4.84. The third-order valence-electron chi connectivity index (χ3n) is 4.89. The van der Waals surface area contributed by atoms with E-state index in [0.29, 0.717) is 5.41 Å². The maximum absolute atomic E-state index is 5.82. The highest BCUT2D eigenvalue weighted by Gasteiger charge is 2.30. The Bertz CT molecular complexity index is 209. The predicted molar refractivity (Wildman–Crippen MR) is 69.3 cm³/mol. The Labute approximate surface area is 100 Å². The molecule has 2 heteroatoms. The van der Waals surface area contributed by atoms with Crippen molar-refractivity contribution in [3.8, 4) is 0 Å². The van der Waals surface area contributed by atoms with Gasteiger partial charge in [0.1, 0.15) is 0 Å². The van der Waals surface area contributed by atoms with Gasteiger partial charge in [-0.05, 0) is 56.0 Å². The molecule has 16 heavy (non-hydrogen) atoms. The van der Waals surface area contributed by atoms with Gasteiger partial charge in [0.05, 0.1) is 0 Å². The zero-order valence-corrected chi connectivity index (χ0v) is 10.8. The van der Waals surface area contributed by atoms with Crippen LogP contribution in [0, 0.1) is 17.3 Å². The molecule has 2 rings (SSSR count). The van der Waals surface area contributed by atoms with Gasteiger partial charge >= 0.3 is 0 Å². The molecule has 2 atom stereocenters. The van der Waals surface area contributed by atoms with E-state index in [-0.39, 0.29) is 0 Å². The standard InChI is InChI=1S/C14H28N2/c1-14(7-2-3-8-14)11-16-10-13-6-4-5-12(13)9-15/h12-13,16H,2-11,15H2,1H3. The smallest absolute Gasteiger partial charge is 0.000528 e. The summed E-state index contributed by atoms with van der Waals surface area (Å²) in [6, 6.07) is 0. The predicted octanol–water partition coefficient (Wildman–Crippen LogP) is 2.53. The van der Waals surface area contributed by atoms with Crippen molar-refractivity contribution in [3.63, 3.8) is 0 Å². The molecular formula is C14H28N2. The van der Waals surface area contributed by atoms with E-state index in [1.54, 1.807) is 0 Å². The van der Waals surface area contributed by atoms with E-state index in [2.05, 4.69) is 12.2 Å². The van der Waals surface area contributed by atoms with Crippen LogP contribution in [-0.2, 0) is 0 Å². The van der Waals surface area contributed by atoms with Crippen LogP contribution in [0.2, 0.25) is 0 Å². The SMILES string of the molecule is CC1(CNCC2CCCC2CN)CCCC1. The summed E-state index contributed by atoms with van der Waals surface area (Å²) in [5.41, 5.74) is 6.41. The Morgan fingerprint density at radius 3 is 2.50 bits per heavy atom. The van der Waals surface area contributed by atoms with Gasteiger partial charge in [0.25, 0.3) is 0 Å². The molecule has 2 aliphatic rings. The van der Waals surface area contributed by atoms with Gasteiger partial charge in [-0.1, -0.05) is 26.2 Å². The zero-order valence-electron chi connectivity index (χ0n) is 10.8. The van der Waals surface area contributed by atoms with Gasteiger partial charge in [-0.25, -0.2) is 0 Å². The first-order valence-electron chi connectivity index (χ1n) is 7.14. The summed E-state index contributed by atoms with van der Waals surface area (Å²) >= 11 is 0. The minimum atomic E-state index is 0.594. The van der Waals surface area contributed by atoms with Crippen molar-refractivity contribution in [1.29, 1.82) is 0 Å². The number of nitrogens with two attached hydrogens (primary N) is 1. The molecule has 2 unspecified atom stereocenters. The number of nitrogens with one attached hydrogen (secondary N) is 1. The van der Waals surface area contributed by atoms with Crippen molar-refractivity contribution in [2.45, 2.75) is 51.9 Å². The maximum Gasteiger partial charge on any atom is 0.000528 e. The van der Waals surface area contributed by atoms with E-state index in [0.717, 1.165) is 18.4 Å². The molecular weight excluding hydrogens is 196 g/mol. The van der Waals surface area contributed by atoms with Gasteiger partial charge in [-0.3, -0.25) is 0 Å². The molecule has 0 saturated heterocycles. The molecule has 0 aromatic carbocycles. The molecule has 0 aromatic heterocycles. The summed E-state index contributed by atoms with van der Waals surface area (Å²) in [4.78, 5) is 0. The van der Waals surface area contributed by atoms with Crippen LogP contribution in [0.1, 0.15) is 51.9 Å².